The molecular formula is C23H30N2O3S. The number of sulfonamides is 1. The summed E-state index contributed by atoms with van der Waals surface area (Å²) in [6.07, 6.45) is 2.75. The summed E-state index contributed by atoms with van der Waals surface area (Å²) >= 11 is 0. The van der Waals surface area contributed by atoms with E-state index in [0.717, 1.165) is 24.0 Å². The molecule has 0 aromatic heterocycles. The van der Waals surface area contributed by atoms with E-state index in [-0.39, 0.29) is 17.3 Å². The quantitative estimate of drug-likeness (QED) is 0.718. The lowest BCUT2D eigenvalue weighted by molar-refractivity contribution is -0.131. The third kappa shape index (κ3) is 4.81. The highest BCUT2D eigenvalue weighted by molar-refractivity contribution is 7.92. The van der Waals surface area contributed by atoms with Crippen LogP contribution in [0.5, 0.6) is 0 Å². The van der Waals surface area contributed by atoms with Gasteiger partial charge >= 0.3 is 0 Å². The van der Waals surface area contributed by atoms with Crippen molar-refractivity contribution in [2.75, 3.05) is 23.9 Å². The summed E-state index contributed by atoms with van der Waals surface area (Å²) in [5, 5.41) is 0. The van der Waals surface area contributed by atoms with Crippen molar-refractivity contribution in [2.24, 2.45) is 5.92 Å². The van der Waals surface area contributed by atoms with Crippen molar-refractivity contribution in [3.05, 3.63) is 59.7 Å². The van der Waals surface area contributed by atoms with Gasteiger partial charge in [-0.15, -0.1) is 0 Å². The highest BCUT2D eigenvalue weighted by Crippen LogP contribution is 2.28. The van der Waals surface area contributed by atoms with Crippen LogP contribution < -0.4 is 4.31 Å². The zero-order valence-electron chi connectivity index (χ0n) is 17.5. The minimum absolute atomic E-state index is 0.141. The normalized spacial score (nSPS) is 17.2. The van der Waals surface area contributed by atoms with E-state index in [9.17, 15) is 13.2 Å². The maximum absolute atomic E-state index is 13.6. The summed E-state index contributed by atoms with van der Waals surface area (Å²) in [6, 6.07) is 14.2. The Labute approximate surface area is 174 Å². The van der Waals surface area contributed by atoms with Gasteiger partial charge in [-0.05, 0) is 55.9 Å². The number of carbonyl (C=O) groups is 1. The lowest BCUT2D eigenvalue weighted by Crippen LogP contribution is -2.46. The van der Waals surface area contributed by atoms with Crippen LogP contribution in [0.2, 0.25) is 0 Å². The molecule has 0 spiro atoms. The van der Waals surface area contributed by atoms with Crippen LogP contribution in [0.15, 0.2) is 53.4 Å². The van der Waals surface area contributed by atoms with Crippen molar-refractivity contribution in [2.45, 2.75) is 44.9 Å². The Balaban J connectivity index is 2.00. The van der Waals surface area contributed by atoms with Crippen LogP contribution >= 0.6 is 0 Å². The van der Waals surface area contributed by atoms with Crippen LogP contribution in [0.3, 0.4) is 0 Å². The smallest absolute Gasteiger partial charge is 0.264 e. The van der Waals surface area contributed by atoms with Crippen LogP contribution in [-0.4, -0.2) is 38.9 Å². The lowest BCUT2D eigenvalue weighted by Gasteiger charge is -2.33. The number of rotatable bonds is 6. The highest BCUT2D eigenvalue weighted by Gasteiger charge is 2.31. The molecule has 0 aliphatic carbocycles. The molecule has 0 N–H and O–H groups in total. The van der Waals surface area contributed by atoms with Crippen molar-refractivity contribution in [3.63, 3.8) is 0 Å². The van der Waals surface area contributed by atoms with Gasteiger partial charge in [0.1, 0.15) is 6.54 Å². The van der Waals surface area contributed by atoms with Crippen LogP contribution in [0.25, 0.3) is 0 Å². The van der Waals surface area contributed by atoms with Gasteiger partial charge in [-0.3, -0.25) is 9.10 Å². The third-order valence-corrected chi connectivity index (χ3v) is 7.31. The van der Waals surface area contributed by atoms with Crippen molar-refractivity contribution < 1.29 is 13.2 Å². The van der Waals surface area contributed by atoms with E-state index < -0.39 is 10.0 Å². The van der Waals surface area contributed by atoms with Crippen molar-refractivity contribution >= 4 is 21.6 Å². The molecule has 0 saturated carbocycles. The van der Waals surface area contributed by atoms with E-state index in [2.05, 4.69) is 6.92 Å². The fourth-order valence-electron chi connectivity index (χ4n) is 3.83. The number of aryl methyl sites for hydroxylation is 2. The van der Waals surface area contributed by atoms with Crippen molar-refractivity contribution in [3.8, 4) is 0 Å². The molecule has 1 aliphatic rings. The molecule has 1 atom stereocenters. The van der Waals surface area contributed by atoms with Gasteiger partial charge in [0.05, 0.1) is 10.6 Å². The van der Waals surface area contributed by atoms with Gasteiger partial charge < -0.3 is 4.90 Å². The Morgan fingerprint density at radius 3 is 2.48 bits per heavy atom. The molecule has 0 radical (unpaired) electrons. The second kappa shape index (κ2) is 8.99. The van der Waals surface area contributed by atoms with Gasteiger partial charge in [0.2, 0.25) is 5.91 Å². The topological polar surface area (TPSA) is 57.7 Å². The first-order chi connectivity index (χ1) is 13.8. The van der Waals surface area contributed by atoms with Crippen molar-refractivity contribution in [1.82, 2.24) is 4.90 Å². The predicted octanol–water partition coefficient (Wildman–Crippen LogP) is 4.01. The van der Waals surface area contributed by atoms with E-state index in [1.807, 2.05) is 32.0 Å². The zero-order chi connectivity index (χ0) is 21.0. The van der Waals surface area contributed by atoms with Crippen LogP contribution in [-0.2, 0) is 21.2 Å². The standard InChI is InChI=1S/C23H30N2O3S/c1-4-20-9-5-6-10-22(20)25(17-23(26)24-15-7-8-19(3)16-24)29(27,28)21-13-11-18(2)12-14-21/h5-6,9-14,19H,4,7-8,15-17H2,1-3H3/t19-/m0/s1. The second-order valence-corrected chi connectivity index (χ2v) is 9.76. The summed E-state index contributed by atoms with van der Waals surface area (Å²) in [7, 11) is -3.86. The average molecular weight is 415 g/mol. The SMILES string of the molecule is CCc1ccccc1N(CC(=O)N1CCC[C@H](C)C1)S(=O)(=O)c1ccc(C)cc1. The fraction of sp³-hybridized carbons (Fsp3) is 0.435. The summed E-state index contributed by atoms with van der Waals surface area (Å²) < 4.78 is 28.4. The van der Waals surface area contributed by atoms with Gasteiger partial charge in [-0.25, -0.2) is 8.42 Å². The van der Waals surface area contributed by atoms with Gasteiger partial charge in [0, 0.05) is 13.1 Å². The Hall–Kier alpha value is -2.34. The molecule has 3 rings (SSSR count). The number of benzene rings is 2. The Morgan fingerprint density at radius 2 is 1.83 bits per heavy atom. The van der Waals surface area contributed by atoms with Gasteiger partial charge in [0.15, 0.2) is 0 Å². The Morgan fingerprint density at radius 1 is 1.14 bits per heavy atom. The second-order valence-electron chi connectivity index (χ2n) is 7.89. The molecule has 0 unspecified atom stereocenters. The number of piperidine rings is 1. The molecule has 1 heterocycles. The molecule has 1 aliphatic heterocycles. The minimum Gasteiger partial charge on any atom is -0.341 e. The van der Waals surface area contributed by atoms with E-state index in [1.165, 1.54) is 4.31 Å². The molecule has 1 amide bonds. The van der Waals surface area contributed by atoms with Gasteiger partial charge in [-0.2, -0.15) is 0 Å². The fourth-order valence-corrected chi connectivity index (χ4v) is 5.28. The molecule has 29 heavy (non-hydrogen) atoms. The van der Waals surface area contributed by atoms with E-state index >= 15 is 0 Å². The summed E-state index contributed by atoms with van der Waals surface area (Å²) in [5.41, 5.74) is 2.47. The van der Waals surface area contributed by atoms with Crippen molar-refractivity contribution in [1.29, 1.82) is 0 Å². The molecule has 2 aromatic carbocycles. The van der Waals surface area contributed by atoms with Crippen LogP contribution in [0.1, 0.15) is 37.8 Å². The third-order valence-electron chi connectivity index (χ3n) is 5.54. The Bertz CT molecular complexity index is 954. The molecule has 0 bridgehead atoms. The summed E-state index contributed by atoms with van der Waals surface area (Å²) in [4.78, 5) is 15.1. The monoisotopic (exact) mass is 414 g/mol. The summed E-state index contributed by atoms with van der Waals surface area (Å²) in [6.45, 7) is 7.24. The van der Waals surface area contributed by atoms with Crippen LogP contribution in [0.4, 0.5) is 5.69 Å². The number of hydrogen-bond acceptors (Lipinski definition) is 3. The number of para-hydroxylation sites is 1. The highest BCUT2D eigenvalue weighted by atomic mass is 32.2. The number of amides is 1. The molecule has 156 valence electrons. The molecule has 6 heteroatoms. The van der Waals surface area contributed by atoms with Gasteiger partial charge in [0.25, 0.3) is 10.0 Å². The zero-order valence-corrected chi connectivity index (χ0v) is 18.3. The number of carbonyl (C=O) groups excluding carboxylic acids is 1. The largest absolute Gasteiger partial charge is 0.341 e. The van der Waals surface area contributed by atoms with E-state index in [0.29, 0.717) is 31.1 Å². The first-order valence-corrected chi connectivity index (χ1v) is 11.7. The first-order valence-electron chi connectivity index (χ1n) is 10.3. The molecule has 2 aromatic rings. The minimum atomic E-state index is -3.86. The maximum atomic E-state index is 13.6. The number of anilines is 1. The molecule has 1 fully saturated rings. The maximum Gasteiger partial charge on any atom is 0.264 e. The van der Waals surface area contributed by atoms with Crippen LogP contribution in [0, 0.1) is 12.8 Å². The predicted molar refractivity (Wildman–Crippen MR) is 117 cm³/mol. The lowest BCUT2D eigenvalue weighted by atomic mass is 10.0. The van der Waals surface area contributed by atoms with E-state index in [1.54, 1.807) is 35.2 Å². The molecular weight excluding hydrogens is 384 g/mol. The number of likely N-dealkylation sites (tertiary alicyclic amines) is 1. The first kappa shape index (κ1) is 21.4. The molecule has 5 nitrogen and oxygen atoms in total. The number of hydrogen-bond donors (Lipinski definition) is 0. The van der Waals surface area contributed by atoms with E-state index in [4.69, 9.17) is 0 Å². The summed E-state index contributed by atoms with van der Waals surface area (Å²) in [5.74, 6) is 0.302. The molecule has 1 saturated heterocycles. The average Bonchev–Trinajstić information content (AvgIpc) is 2.72. The number of nitrogens with zero attached hydrogens (tertiary/aromatic N) is 2. The Kier molecular flexibility index (Phi) is 6.63. The van der Waals surface area contributed by atoms with Gasteiger partial charge in [-0.1, -0.05) is 49.7 Å².